The van der Waals surface area contributed by atoms with E-state index in [0.29, 0.717) is 0 Å². The SMILES string of the molecule is CC.CC.CC.CC.CC.[CH2-]C.[CH3-].[CH3-].[CH3-].[CH3-].[CH3-].[CH3-].[CH3-].[Y+3].[Y].[Y].[Y].[Y].[Y].[Y].[Y].[Y].[Y].[Y].[Y]. The van der Waals surface area contributed by atoms with Crippen molar-refractivity contribution >= 4 is 0 Å². The van der Waals surface area contributed by atoms with Crippen molar-refractivity contribution in [3.8, 4) is 0 Å². The first-order chi connectivity index (χ1) is 6.00. The van der Waals surface area contributed by atoms with Gasteiger partial charge in [-0.05, 0) is 0 Å². The van der Waals surface area contributed by atoms with Crippen molar-refractivity contribution in [3.05, 3.63) is 58.9 Å². The average Bonchev–Trinajstić information content (AvgIpc) is 2.33. The van der Waals surface area contributed by atoms with Crippen LogP contribution in [0.4, 0.5) is 0 Å². The molecule has 0 N–H and O–H groups in total. The second-order valence-electron chi connectivity index (χ2n) is 0. The zero-order valence-corrected chi connectivity index (χ0v) is 59.7. The Morgan fingerprint density at radius 3 is 0.226 bits per heavy atom. The molecule has 0 aromatic carbocycles. The van der Waals surface area contributed by atoms with E-state index in [1.54, 1.807) is 6.92 Å². The molecule has 173 valence electrons. The molecule has 0 saturated carbocycles. The molecular formula is C19H56Y12-5. The molecular weight excluding hydrogens is 1300 g/mol. The molecule has 0 spiro atoms. The number of hydrogen-bond acceptors (Lipinski definition) is 0. The molecule has 0 saturated heterocycles. The summed E-state index contributed by atoms with van der Waals surface area (Å²) < 4.78 is 0. The molecule has 0 unspecified atom stereocenters. The molecule has 0 aliphatic heterocycles. The van der Waals surface area contributed by atoms with Crippen LogP contribution in [0.25, 0.3) is 0 Å². The van der Waals surface area contributed by atoms with Crippen LogP contribution >= 0.6 is 0 Å². The summed E-state index contributed by atoms with van der Waals surface area (Å²) >= 11 is 0. The summed E-state index contributed by atoms with van der Waals surface area (Å²) in [7, 11) is 0. The Hall–Kier alpha value is 13.2. The predicted octanol–water partition coefficient (Wildman–Crippen LogP) is 9.09. The first kappa shape index (κ1) is 223. The summed E-state index contributed by atoms with van der Waals surface area (Å²) in [6.07, 6.45) is 0. The van der Waals surface area contributed by atoms with Crippen molar-refractivity contribution in [1.29, 1.82) is 0 Å². The van der Waals surface area contributed by atoms with Crippen molar-refractivity contribution in [1.82, 2.24) is 0 Å². The van der Waals surface area contributed by atoms with E-state index in [0.717, 1.165) is 0 Å². The Morgan fingerprint density at radius 1 is 0.226 bits per heavy atom. The van der Waals surface area contributed by atoms with Gasteiger partial charge in [-0.3, -0.25) is 0 Å². The maximum Gasteiger partial charge on any atom is 3.00 e. The Balaban J connectivity index is -0.000000000540. The maximum absolute atomic E-state index is 3.25. The molecule has 0 aromatic rings. The number of rotatable bonds is 0. The Kier molecular flexibility index (Phi) is 3170. The second-order valence-corrected chi connectivity index (χ2v) is 0. The Bertz CT molecular complexity index is 29.8. The maximum atomic E-state index is 3.25. The molecule has 0 aromatic heterocycles. The Morgan fingerprint density at radius 2 is 0.226 bits per heavy atom. The molecule has 0 amide bonds. The van der Waals surface area contributed by atoms with Crippen LogP contribution in [0.1, 0.15) is 76.2 Å². The zero-order valence-electron chi connectivity index (χ0n) is 25.6. The van der Waals surface area contributed by atoms with Crippen LogP contribution in [0, 0.1) is 58.9 Å². The van der Waals surface area contributed by atoms with Gasteiger partial charge in [0.15, 0.2) is 0 Å². The van der Waals surface area contributed by atoms with E-state index >= 15 is 0 Å². The number of hydrogen-bond donors (Lipinski definition) is 0. The summed E-state index contributed by atoms with van der Waals surface area (Å²) in [5, 5.41) is 0. The fraction of sp³-hybridized carbons (Fsp3) is 0.579. The predicted molar refractivity (Wildman–Crippen MR) is 113 cm³/mol. The van der Waals surface area contributed by atoms with Gasteiger partial charge in [0.05, 0.1) is 0 Å². The quantitative estimate of drug-likeness (QED) is 0.213. The van der Waals surface area contributed by atoms with Crippen LogP contribution in [0.3, 0.4) is 0 Å². The first-order valence-electron chi connectivity index (χ1n) is 5.71. The molecule has 12 heteroatoms. The van der Waals surface area contributed by atoms with Crippen LogP contribution in [-0.2, 0) is 393 Å². The van der Waals surface area contributed by atoms with Gasteiger partial charge < -0.3 is 58.9 Å². The monoisotopic (exact) mass is 1350 g/mol. The molecule has 0 bridgehead atoms. The molecule has 0 aliphatic carbocycles. The van der Waals surface area contributed by atoms with Gasteiger partial charge in [0.2, 0.25) is 0 Å². The van der Waals surface area contributed by atoms with E-state index in [-0.39, 0.29) is 444 Å². The largest absolute Gasteiger partial charge is 3.00 e. The molecule has 0 rings (SSSR count). The van der Waals surface area contributed by atoms with E-state index < -0.39 is 0 Å². The first-order valence-corrected chi connectivity index (χ1v) is 5.71. The van der Waals surface area contributed by atoms with Gasteiger partial charge in [-0.2, -0.15) is 6.92 Å². The smallest absolute Gasteiger partial charge is 0.358 e. The van der Waals surface area contributed by atoms with Gasteiger partial charge >= 0.3 is 32.7 Å². The van der Waals surface area contributed by atoms with Crippen LogP contribution in [0.5, 0.6) is 0 Å². The van der Waals surface area contributed by atoms with Crippen molar-refractivity contribution in [2.75, 3.05) is 0 Å². The van der Waals surface area contributed by atoms with Gasteiger partial charge in [-0.25, -0.2) is 0 Å². The molecule has 0 aliphatic rings. The minimum absolute atomic E-state index is 0. The van der Waals surface area contributed by atoms with E-state index in [1.807, 2.05) is 69.2 Å². The molecule has 0 fully saturated rings. The van der Waals surface area contributed by atoms with E-state index in [9.17, 15) is 0 Å². The van der Waals surface area contributed by atoms with Gasteiger partial charge in [-0.15, -0.1) is 0 Å². The van der Waals surface area contributed by atoms with Crippen molar-refractivity contribution in [2.45, 2.75) is 76.2 Å². The van der Waals surface area contributed by atoms with Crippen LogP contribution < -0.4 is 0 Å². The van der Waals surface area contributed by atoms with E-state index in [4.69, 9.17) is 0 Å². The summed E-state index contributed by atoms with van der Waals surface area (Å²) in [5.41, 5.74) is 0. The van der Waals surface area contributed by atoms with Crippen molar-refractivity contribution in [2.24, 2.45) is 0 Å². The third-order valence-corrected chi connectivity index (χ3v) is 0. The van der Waals surface area contributed by atoms with Crippen LogP contribution in [0.15, 0.2) is 0 Å². The fourth-order valence-electron chi connectivity index (χ4n) is 0. The molecule has 31 heavy (non-hydrogen) atoms. The van der Waals surface area contributed by atoms with Gasteiger partial charge in [0.1, 0.15) is 0 Å². The minimum Gasteiger partial charge on any atom is -0.358 e. The fourth-order valence-corrected chi connectivity index (χ4v) is 0. The van der Waals surface area contributed by atoms with Crippen molar-refractivity contribution < 1.29 is 393 Å². The summed E-state index contributed by atoms with van der Waals surface area (Å²) in [4.78, 5) is 0. The summed E-state index contributed by atoms with van der Waals surface area (Å²) in [6.45, 7) is 25.0. The summed E-state index contributed by atoms with van der Waals surface area (Å²) in [5.74, 6) is 0. The van der Waals surface area contributed by atoms with E-state index in [1.165, 1.54) is 0 Å². The topological polar surface area (TPSA) is 0 Å². The summed E-state index contributed by atoms with van der Waals surface area (Å²) in [6, 6.07) is 0. The molecule has 0 atom stereocenters. The Labute approximate surface area is 512 Å². The van der Waals surface area contributed by atoms with Crippen LogP contribution in [-0.4, -0.2) is 0 Å². The van der Waals surface area contributed by atoms with Gasteiger partial charge in [-0.1, -0.05) is 69.2 Å². The minimum atomic E-state index is 0. The van der Waals surface area contributed by atoms with Crippen LogP contribution in [0.2, 0.25) is 0 Å². The average molecular weight is 1350 g/mol. The van der Waals surface area contributed by atoms with Crippen molar-refractivity contribution in [3.63, 3.8) is 0 Å². The molecule has 0 nitrogen and oxygen atoms in total. The van der Waals surface area contributed by atoms with Gasteiger partial charge in [0, 0.05) is 360 Å². The zero-order chi connectivity index (χ0) is 12.0. The molecule has 0 heterocycles. The standard InChI is InChI=1S/5C2H6.C2H5.7CH3.12Y/c6*1-2;;;;;;;;;;;;;;;;;;;/h5*1-2H3;1H2,2H3;7*1H3;;;;;;;;;;;;/q;;;;;8*-1;;;;;;;;;;;;+3. The third-order valence-electron chi connectivity index (χ3n) is 0. The normalized spacial score (nSPS) is 1.16. The third kappa shape index (κ3) is 419. The van der Waals surface area contributed by atoms with Gasteiger partial charge in [0.25, 0.3) is 0 Å². The van der Waals surface area contributed by atoms with E-state index in [2.05, 4.69) is 6.92 Å². The second kappa shape index (κ2) is 440. The molecule has 11 radical (unpaired) electrons.